The van der Waals surface area contributed by atoms with E-state index in [1.54, 1.807) is 0 Å². The number of rotatable bonds is 6. The summed E-state index contributed by atoms with van der Waals surface area (Å²) in [5.41, 5.74) is 28.1. The summed E-state index contributed by atoms with van der Waals surface area (Å²) < 4.78 is 0. The van der Waals surface area contributed by atoms with Crippen LogP contribution in [0.3, 0.4) is 0 Å². The van der Waals surface area contributed by atoms with E-state index in [1.807, 2.05) is 152 Å². The summed E-state index contributed by atoms with van der Waals surface area (Å²) in [6.45, 7) is 118. The molecule has 131 heavy (non-hydrogen) atoms. The van der Waals surface area contributed by atoms with Gasteiger partial charge in [0, 0.05) is 0 Å². The minimum atomic E-state index is 0.187. The zero-order valence-corrected chi connectivity index (χ0v) is 96.6. The normalized spacial score (nSPS) is 10.4. The van der Waals surface area contributed by atoms with Crippen LogP contribution in [0.1, 0.15) is 420 Å². The van der Waals surface area contributed by atoms with Crippen LogP contribution in [0.2, 0.25) is 0 Å². The Morgan fingerprint density at radius 1 is 0.115 bits per heavy atom. The Kier molecular flexibility index (Phi) is 76.7. The molecule has 0 aromatic heterocycles. The Morgan fingerprint density at radius 3 is 0.458 bits per heavy atom. The quantitative estimate of drug-likeness (QED) is 0.156. The molecular formula is C131H212. The van der Waals surface area contributed by atoms with E-state index in [0.717, 1.165) is 0 Å². The summed E-state index contributed by atoms with van der Waals surface area (Å²) in [7, 11) is 0. The first kappa shape index (κ1) is 138. The molecule has 0 aliphatic carbocycles. The molecule has 0 atom stereocenters. The van der Waals surface area contributed by atoms with E-state index in [9.17, 15) is 0 Å². The zero-order valence-electron chi connectivity index (χ0n) is 96.6. The molecule has 0 amide bonds. The molecule has 0 N–H and O–H groups in total. The molecular weight excluding hydrogens is 1570 g/mol. The van der Waals surface area contributed by atoms with Crippen molar-refractivity contribution in [3.8, 4) is 66.8 Å². The average molecular weight is 1790 g/mol. The highest BCUT2D eigenvalue weighted by Crippen LogP contribution is 2.37. The van der Waals surface area contributed by atoms with E-state index in [0.29, 0.717) is 16.2 Å². The van der Waals surface area contributed by atoms with Crippen LogP contribution < -0.4 is 0 Å². The first-order chi connectivity index (χ1) is 61.1. The second-order valence-corrected chi connectivity index (χ2v) is 41.4. The van der Waals surface area contributed by atoms with E-state index in [4.69, 9.17) is 0 Å². The molecule has 0 unspecified atom stereocenters. The third-order valence-electron chi connectivity index (χ3n) is 17.4. The maximum atomic E-state index is 2.32. The van der Waals surface area contributed by atoms with Crippen LogP contribution >= 0.6 is 0 Å². The monoisotopic (exact) mass is 1790 g/mol. The Hall–Kier alpha value is -8.58. The van der Waals surface area contributed by atoms with E-state index in [-0.39, 0.29) is 37.9 Å². The smallest absolute Gasteiger partial charge is 0.0105 e. The van der Waals surface area contributed by atoms with Crippen LogP contribution in [0.5, 0.6) is 0 Å². The van der Waals surface area contributed by atoms with Gasteiger partial charge in [0.1, 0.15) is 0 Å². The van der Waals surface area contributed by atoms with E-state index >= 15 is 0 Å². The second kappa shape index (κ2) is 72.9. The maximum absolute atomic E-state index is 2.32. The fourth-order valence-electron chi connectivity index (χ4n) is 11.2. The van der Waals surface area contributed by atoms with Crippen molar-refractivity contribution in [3.63, 3.8) is 0 Å². The summed E-state index contributed by atoms with van der Waals surface area (Å²) in [5, 5.41) is 0. The van der Waals surface area contributed by atoms with Crippen molar-refractivity contribution >= 4 is 0 Å². The highest BCUT2D eigenvalue weighted by atomic mass is 14.3. The van der Waals surface area contributed by atoms with Crippen molar-refractivity contribution in [2.75, 3.05) is 0 Å². The van der Waals surface area contributed by atoms with Crippen molar-refractivity contribution in [2.24, 2.45) is 16.2 Å². The summed E-state index contributed by atoms with van der Waals surface area (Å²) in [6, 6.07) is 102. The molecule has 736 valence electrons. The summed E-state index contributed by atoms with van der Waals surface area (Å²) >= 11 is 0. The summed E-state index contributed by atoms with van der Waals surface area (Å²) in [5.74, 6) is 0. The molecule has 11 aromatic carbocycles. The van der Waals surface area contributed by atoms with Gasteiger partial charge in [0.2, 0.25) is 0 Å². The lowest BCUT2D eigenvalue weighted by Crippen LogP contribution is -2.12. The fraction of sp³-hybridized carbons (Fsp3) is 0.496. The molecule has 0 heteroatoms. The minimum Gasteiger partial charge on any atom is -0.0683 e. The predicted octanol–water partition coefficient (Wildman–Crippen LogP) is 45.0. The lowest BCUT2D eigenvalue weighted by molar-refractivity contribution is 0.469. The fourth-order valence-corrected chi connectivity index (χ4v) is 11.2. The van der Waals surface area contributed by atoms with Gasteiger partial charge in [-0.3, -0.25) is 0 Å². The van der Waals surface area contributed by atoms with Gasteiger partial charge in [0.15, 0.2) is 0 Å². The standard InChI is InChI=1S/3C20H26.C18H14.C16H18.3C5H12.11C2H6/c1-19(2,3)17-11-7-15(8-12-17)16-9-13-18(14-10-16)20(4,5)6;1-19(2,3)17-11-7-9-15(13-17)16-10-8-12-18(14-16)20(4,5)6;1-19(2,3)17-12-10-15(11-13-17)16-8-7-9-18(14-16)20(4,5)6;1-3-9-15(10-4-1)17-13-7-8-14-18(17)16-11-5-2-6-12-16;1-16(2,3)15-12-8-7-11-14(15)13-9-5-4-6-10-13;3*1-5(2,3)4;11*1-2/h3*7-14H,1-6H3;1-14H;4-12H,1-3H3;3*1-4H3;11*1-2H3. The van der Waals surface area contributed by atoms with Crippen LogP contribution in [0.25, 0.3) is 66.8 Å². The molecule has 0 aliphatic heterocycles. The average Bonchev–Trinajstić information content (AvgIpc) is 0.728. The van der Waals surface area contributed by atoms with Crippen molar-refractivity contribution in [2.45, 2.75) is 419 Å². The Labute approximate surface area is 820 Å². The van der Waals surface area contributed by atoms with Crippen molar-refractivity contribution in [1.29, 1.82) is 0 Å². The number of benzene rings is 11. The van der Waals surface area contributed by atoms with E-state index in [1.165, 1.54) is 106 Å². The molecule has 0 aliphatic rings. The van der Waals surface area contributed by atoms with Gasteiger partial charge in [-0.1, -0.05) is 666 Å². The van der Waals surface area contributed by atoms with Crippen LogP contribution in [0.4, 0.5) is 0 Å². The largest absolute Gasteiger partial charge is 0.0683 e. The third kappa shape index (κ3) is 64.8. The molecule has 0 nitrogen and oxygen atoms in total. The van der Waals surface area contributed by atoms with Crippen LogP contribution in [-0.2, 0) is 37.9 Å². The minimum absolute atomic E-state index is 0.187. The molecule has 0 saturated heterocycles. The first-order valence-corrected chi connectivity index (χ1v) is 51.1. The van der Waals surface area contributed by atoms with Crippen molar-refractivity contribution in [1.82, 2.24) is 0 Å². The topological polar surface area (TPSA) is 0 Å². The maximum Gasteiger partial charge on any atom is -0.0105 e. The Bertz CT molecular complexity index is 4170. The zero-order chi connectivity index (χ0) is 104. The van der Waals surface area contributed by atoms with Gasteiger partial charge < -0.3 is 0 Å². The van der Waals surface area contributed by atoms with Gasteiger partial charge in [-0.15, -0.1) is 0 Å². The van der Waals surface area contributed by atoms with Gasteiger partial charge in [-0.05, 0) is 160 Å². The van der Waals surface area contributed by atoms with E-state index in [2.05, 4.69) is 514 Å². The molecule has 11 rings (SSSR count). The van der Waals surface area contributed by atoms with Gasteiger partial charge in [-0.2, -0.15) is 0 Å². The molecule has 0 bridgehead atoms. The number of hydrogen-bond donors (Lipinski definition) is 0. The van der Waals surface area contributed by atoms with E-state index < -0.39 is 0 Å². The molecule has 0 spiro atoms. The van der Waals surface area contributed by atoms with Crippen molar-refractivity contribution < 1.29 is 0 Å². The Morgan fingerprint density at radius 2 is 0.267 bits per heavy atom. The highest BCUT2D eigenvalue weighted by molar-refractivity contribution is 5.83. The highest BCUT2D eigenvalue weighted by Gasteiger charge is 2.21. The third-order valence-corrected chi connectivity index (χ3v) is 17.4. The van der Waals surface area contributed by atoms with Gasteiger partial charge >= 0.3 is 0 Å². The predicted molar refractivity (Wildman–Crippen MR) is 616 cm³/mol. The van der Waals surface area contributed by atoms with Crippen LogP contribution in [0.15, 0.2) is 285 Å². The van der Waals surface area contributed by atoms with Crippen molar-refractivity contribution in [3.05, 3.63) is 324 Å². The van der Waals surface area contributed by atoms with Gasteiger partial charge in [0.25, 0.3) is 0 Å². The SMILES string of the molecule is CC.CC.CC.CC.CC.CC.CC.CC.CC.CC.CC.CC(C)(C)C.CC(C)(C)C.CC(C)(C)C.CC(C)(C)c1ccc(-c2ccc(C(C)(C)C)cc2)cc1.CC(C)(C)c1ccc(-c2cccc(C(C)(C)C)c2)cc1.CC(C)(C)c1cccc(-c2cccc(C(C)(C)C)c2)c1.CC(C)(C)c1ccccc1-c1ccccc1.c1ccc(-c2ccccc2-c2ccccc2)cc1. The molecule has 0 fully saturated rings. The molecule has 11 aromatic rings. The first-order valence-electron chi connectivity index (χ1n) is 51.1. The van der Waals surface area contributed by atoms with Crippen LogP contribution in [0, 0.1) is 16.2 Å². The summed E-state index contributed by atoms with van der Waals surface area (Å²) in [4.78, 5) is 0. The van der Waals surface area contributed by atoms with Gasteiger partial charge in [0.05, 0.1) is 0 Å². The molecule has 0 heterocycles. The Balaban J connectivity index is -0.000000220. The summed E-state index contributed by atoms with van der Waals surface area (Å²) in [6.07, 6.45) is 0. The lowest BCUT2D eigenvalue weighted by Gasteiger charge is -2.23. The van der Waals surface area contributed by atoms with Gasteiger partial charge in [-0.25, -0.2) is 0 Å². The molecule has 0 radical (unpaired) electrons. The second-order valence-electron chi connectivity index (χ2n) is 41.4. The number of hydrogen-bond acceptors (Lipinski definition) is 0. The lowest BCUT2D eigenvalue weighted by atomic mass is 9.82. The molecule has 0 saturated carbocycles. The van der Waals surface area contributed by atoms with Crippen LogP contribution in [-0.4, -0.2) is 0 Å².